The van der Waals surface area contributed by atoms with Crippen LogP contribution in [-0.2, 0) is 4.74 Å². The predicted octanol–water partition coefficient (Wildman–Crippen LogP) is 3.59. The van der Waals surface area contributed by atoms with Crippen LogP contribution < -0.4 is 5.73 Å². The average molecular weight is 241 g/mol. The molecule has 2 heteroatoms. The number of nitrogens with two attached hydrogens (primary N) is 1. The molecule has 0 amide bonds. The Morgan fingerprint density at radius 2 is 2.12 bits per heavy atom. The predicted molar refractivity (Wildman–Crippen MR) is 74.0 cm³/mol. The third-order valence-corrected chi connectivity index (χ3v) is 4.23. The topological polar surface area (TPSA) is 35.2 Å². The van der Waals surface area contributed by atoms with Gasteiger partial charge < -0.3 is 10.5 Å². The molecule has 0 heterocycles. The molecule has 102 valence electrons. The Hall–Kier alpha value is -0.0800. The van der Waals surface area contributed by atoms with Crippen LogP contribution >= 0.6 is 0 Å². The highest BCUT2D eigenvalue weighted by Crippen LogP contribution is 2.41. The van der Waals surface area contributed by atoms with E-state index in [1.54, 1.807) is 0 Å². The van der Waals surface area contributed by atoms with Crippen LogP contribution in [0.2, 0.25) is 0 Å². The van der Waals surface area contributed by atoms with Crippen LogP contribution in [0.5, 0.6) is 0 Å². The largest absolute Gasteiger partial charge is 0.381 e. The van der Waals surface area contributed by atoms with E-state index in [-0.39, 0.29) is 0 Å². The van der Waals surface area contributed by atoms with Crippen molar-refractivity contribution in [1.82, 2.24) is 0 Å². The van der Waals surface area contributed by atoms with Crippen molar-refractivity contribution >= 4 is 0 Å². The Labute approximate surface area is 107 Å². The fourth-order valence-corrected chi connectivity index (χ4v) is 2.99. The molecule has 0 aromatic heterocycles. The van der Waals surface area contributed by atoms with Gasteiger partial charge in [0.1, 0.15) is 0 Å². The van der Waals surface area contributed by atoms with E-state index in [4.69, 9.17) is 10.5 Å². The van der Waals surface area contributed by atoms with Gasteiger partial charge in [0.05, 0.1) is 0 Å². The molecule has 2 N–H and O–H groups in total. The summed E-state index contributed by atoms with van der Waals surface area (Å²) >= 11 is 0. The highest BCUT2D eigenvalue weighted by molar-refractivity contribution is 4.86. The van der Waals surface area contributed by atoms with E-state index in [2.05, 4.69) is 20.8 Å². The van der Waals surface area contributed by atoms with Gasteiger partial charge in [-0.2, -0.15) is 0 Å². The van der Waals surface area contributed by atoms with Crippen molar-refractivity contribution in [2.24, 2.45) is 23.0 Å². The molecular formula is C15H31NO. The third-order valence-electron chi connectivity index (χ3n) is 4.23. The molecule has 1 fully saturated rings. The van der Waals surface area contributed by atoms with E-state index < -0.39 is 0 Å². The normalized spacial score (nSPS) is 29.8. The highest BCUT2D eigenvalue weighted by Gasteiger charge is 2.33. The van der Waals surface area contributed by atoms with Crippen molar-refractivity contribution < 1.29 is 4.74 Å². The zero-order valence-corrected chi connectivity index (χ0v) is 12.0. The average Bonchev–Trinajstić information content (AvgIpc) is 2.28. The molecule has 0 bridgehead atoms. The molecule has 0 saturated heterocycles. The van der Waals surface area contributed by atoms with Gasteiger partial charge in [-0.3, -0.25) is 0 Å². The first-order chi connectivity index (χ1) is 8.08. The summed E-state index contributed by atoms with van der Waals surface area (Å²) in [5, 5.41) is 0. The van der Waals surface area contributed by atoms with Crippen LogP contribution in [0.15, 0.2) is 0 Å². The quantitative estimate of drug-likeness (QED) is 0.691. The maximum Gasteiger partial charge on any atom is 0.0471 e. The van der Waals surface area contributed by atoms with Gasteiger partial charge in [-0.1, -0.05) is 33.6 Å². The van der Waals surface area contributed by atoms with Crippen LogP contribution in [0, 0.1) is 17.3 Å². The molecule has 1 saturated carbocycles. The van der Waals surface area contributed by atoms with Gasteiger partial charge in [0.25, 0.3) is 0 Å². The molecule has 2 nitrogen and oxygen atoms in total. The summed E-state index contributed by atoms with van der Waals surface area (Å²) in [7, 11) is 0. The lowest BCUT2D eigenvalue weighted by atomic mass is 9.68. The zero-order chi connectivity index (χ0) is 12.7. The van der Waals surface area contributed by atoms with Crippen molar-refractivity contribution in [3.05, 3.63) is 0 Å². The molecule has 1 aliphatic rings. The van der Waals surface area contributed by atoms with Gasteiger partial charge in [-0.05, 0) is 49.5 Å². The first kappa shape index (κ1) is 15.0. The van der Waals surface area contributed by atoms with Crippen LogP contribution in [0.4, 0.5) is 0 Å². The number of ether oxygens (including phenoxy) is 1. The lowest BCUT2D eigenvalue weighted by molar-refractivity contribution is 0.0612. The Kier molecular flexibility index (Phi) is 6.50. The molecule has 0 spiro atoms. The van der Waals surface area contributed by atoms with Gasteiger partial charge in [-0.25, -0.2) is 0 Å². The van der Waals surface area contributed by atoms with E-state index in [1.165, 1.54) is 32.1 Å². The molecule has 0 aliphatic heterocycles. The number of hydrogen-bond acceptors (Lipinski definition) is 2. The summed E-state index contributed by atoms with van der Waals surface area (Å²) in [6.45, 7) is 9.50. The molecule has 2 atom stereocenters. The lowest BCUT2D eigenvalue weighted by Gasteiger charge is -2.39. The van der Waals surface area contributed by atoms with Gasteiger partial charge in [-0.15, -0.1) is 0 Å². The van der Waals surface area contributed by atoms with Crippen molar-refractivity contribution in [2.45, 2.75) is 59.3 Å². The molecule has 1 aliphatic carbocycles. The van der Waals surface area contributed by atoms with Gasteiger partial charge >= 0.3 is 0 Å². The van der Waals surface area contributed by atoms with Crippen LogP contribution in [0.25, 0.3) is 0 Å². The highest BCUT2D eigenvalue weighted by atomic mass is 16.5. The Morgan fingerprint density at radius 3 is 2.71 bits per heavy atom. The Balaban J connectivity index is 2.22. The Bertz CT molecular complexity index is 205. The third kappa shape index (κ3) is 5.39. The number of rotatable bonds is 7. The SMILES string of the molecule is CC(C)CCOCCC1(CN)CCCC(C)C1. The minimum Gasteiger partial charge on any atom is -0.381 e. The van der Waals surface area contributed by atoms with Crippen LogP contribution in [0.1, 0.15) is 59.3 Å². The Morgan fingerprint density at radius 1 is 1.35 bits per heavy atom. The van der Waals surface area contributed by atoms with Gasteiger partial charge in [0.2, 0.25) is 0 Å². The fourth-order valence-electron chi connectivity index (χ4n) is 2.99. The molecule has 17 heavy (non-hydrogen) atoms. The summed E-state index contributed by atoms with van der Waals surface area (Å²) in [4.78, 5) is 0. The molecule has 0 aromatic rings. The van der Waals surface area contributed by atoms with Gasteiger partial charge in [0, 0.05) is 13.2 Å². The minimum absolute atomic E-state index is 0.384. The standard InChI is InChI=1S/C15H31NO/c1-13(2)6-9-17-10-8-15(12-16)7-4-5-14(3)11-15/h13-14H,4-12,16H2,1-3H3. The molecule has 2 unspecified atom stereocenters. The summed E-state index contributed by atoms with van der Waals surface area (Å²) in [5.74, 6) is 1.59. The first-order valence-corrected chi connectivity index (χ1v) is 7.36. The second kappa shape index (κ2) is 7.38. The first-order valence-electron chi connectivity index (χ1n) is 7.36. The maximum absolute atomic E-state index is 6.01. The van der Waals surface area contributed by atoms with E-state index in [1.807, 2.05) is 0 Å². The van der Waals surface area contributed by atoms with E-state index in [0.717, 1.165) is 38.0 Å². The molecule has 0 aromatic carbocycles. The monoisotopic (exact) mass is 241 g/mol. The van der Waals surface area contributed by atoms with Crippen LogP contribution in [-0.4, -0.2) is 19.8 Å². The molecule has 1 rings (SSSR count). The summed E-state index contributed by atoms with van der Waals surface area (Å²) < 4.78 is 5.75. The van der Waals surface area contributed by atoms with E-state index >= 15 is 0 Å². The smallest absolute Gasteiger partial charge is 0.0471 e. The van der Waals surface area contributed by atoms with E-state index in [0.29, 0.717) is 5.41 Å². The second-order valence-corrected chi connectivity index (χ2v) is 6.45. The van der Waals surface area contributed by atoms with Crippen molar-refractivity contribution in [2.75, 3.05) is 19.8 Å². The van der Waals surface area contributed by atoms with Crippen molar-refractivity contribution in [3.8, 4) is 0 Å². The zero-order valence-electron chi connectivity index (χ0n) is 12.0. The van der Waals surface area contributed by atoms with E-state index in [9.17, 15) is 0 Å². The minimum atomic E-state index is 0.384. The second-order valence-electron chi connectivity index (χ2n) is 6.45. The molecular weight excluding hydrogens is 210 g/mol. The maximum atomic E-state index is 6.01. The van der Waals surface area contributed by atoms with Crippen molar-refractivity contribution in [3.63, 3.8) is 0 Å². The summed E-state index contributed by atoms with van der Waals surface area (Å²) in [5.41, 5.74) is 6.39. The lowest BCUT2D eigenvalue weighted by Crippen LogP contribution is -2.36. The summed E-state index contributed by atoms with van der Waals surface area (Å²) in [6, 6.07) is 0. The fraction of sp³-hybridized carbons (Fsp3) is 1.00. The van der Waals surface area contributed by atoms with Gasteiger partial charge in [0.15, 0.2) is 0 Å². The summed E-state index contributed by atoms with van der Waals surface area (Å²) in [6.07, 6.45) is 7.68. The van der Waals surface area contributed by atoms with Crippen LogP contribution in [0.3, 0.4) is 0 Å². The van der Waals surface area contributed by atoms with Crippen molar-refractivity contribution in [1.29, 1.82) is 0 Å². The molecule has 0 radical (unpaired) electrons. The number of hydrogen-bond donors (Lipinski definition) is 1.